The third-order valence-electron chi connectivity index (χ3n) is 5.59. The Hall–Kier alpha value is -4.26. The van der Waals surface area contributed by atoms with Crippen molar-refractivity contribution < 1.29 is 28.9 Å². The number of hydrogen-bond donors (Lipinski definition) is 1. The zero-order chi connectivity index (χ0) is 23.5. The molecule has 3 aromatic rings. The lowest BCUT2D eigenvalue weighted by Gasteiger charge is -2.25. The van der Waals surface area contributed by atoms with E-state index in [1.54, 1.807) is 94.1 Å². The molecule has 1 saturated heterocycles. The Morgan fingerprint density at radius 1 is 0.727 bits per heavy atom. The minimum atomic E-state index is -0.827. The maximum absolute atomic E-state index is 13.2. The molecule has 4 rings (SSSR count). The predicted octanol–water partition coefficient (Wildman–Crippen LogP) is 4.34. The minimum Gasteiger partial charge on any atom is -0.507 e. The Kier molecular flexibility index (Phi) is 6.04. The van der Waals surface area contributed by atoms with Gasteiger partial charge in [-0.25, -0.2) is 0 Å². The lowest BCUT2D eigenvalue weighted by Crippen LogP contribution is -2.29. The van der Waals surface area contributed by atoms with Crippen molar-refractivity contribution in [3.05, 3.63) is 89.5 Å². The summed E-state index contributed by atoms with van der Waals surface area (Å²) in [7, 11) is 4.65. The molecule has 0 aromatic heterocycles. The topological polar surface area (TPSA) is 85.3 Å². The number of ketones is 1. The summed E-state index contributed by atoms with van der Waals surface area (Å²) < 4.78 is 15.6. The van der Waals surface area contributed by atoms with Crippen molar-refractivity contribution in [2.45, 2.75) is 6.04 Å². The number of ether oxygens (including phenoxy) is 3. The highest BCUT2D eigenvalue weighted by Crippen LogP contribution is 2.42. The van der Waals surface area contributed by atoms with Crippen molar-refractivity contribution in [2.75, 3.05) is 26.2 Å². The maximum Gasteiger partial charge on any atom is 0.300 e. The minimum absolute atomic E-state index is 0.00570. The number of aliphatic hydroxyl groups is 1. The molecule has 0 radical (unpaired) electrons. The quantitative estimate of drug-likeness (QED) is 0.345. The first-order chi connectivity index (χ1) is 16.0. The third-order valence-corrected chi connectivity index (χ3v) is 5.59. The average molecular weight is 445 g/mol. The van der Waals surface area contributed by atoms with Crippen LogP contribution in [0.3, 0.4) is 0 Å². The molecule has 0 saturated carbocycles. The number of aliphatic hydroxyl groups excluding tert-OH is 1. The summed E-state index contributed by atoms with van der Waals surface area (Å²) >= 11 is 0. The lowest BCUT2D eigenvalue weighted by molar-refractivity contribution is -0.132. The van der Waals surface area contributed by atoms with Gasteiger partial charge < -0.3 is 19.3 Å². The van der Waals surface area contributed by atoms with E-state index in [4.69, 9.17) is 14.2 Å². The Morgan fingerprint density at radius 2 is 1.18 bits per heavy atom. The first kappa shape index (κ1) is 22.0. The van der Waals surface area contributed by atoms with E-state index in [1.165, 1.54) is 4.90 Å². The number of hydrogen-bond acceptors (Lipinski definition) is 6. The van der Waals surface area contributed by atoms with E-state index in [2.05, 4.69) is 0 Å². The van der Waals surface area contributed by atoms with Crippen LogP contribution in [0, 0.1) is 0 Å². The molecule has 0 aliphatic carbocycles. The standard InChI is InChI=1S/C26H23NO6/c1-31-19-10-4-16(5-11-19)23-22(24(28)17-6-12-20(32-2)13-7-17)25(29)26(30)27(23)18-8-14-21(33-3)15-9-18/h4-15,23,28H,1-3H3/b24-22+/t23-/m1/s1. The molecule has 0 spiro atoms. The second-order valence-electron chi connectivity index (χ2n) is 7.37. The lowest BCUT2D eigenvalue weighted by atomic mass is 9.95. The molecule has 1 heterocycles. The molecule has 7 heteroatoms. The molecule has 1 aliphatic heterocycles. The molecule has 3 aromatic carbocycles. The van der Waals surface area contributed by atoms with Crippen LogP contribution < -0.4 is 19.1 Å². The first-order valence-electron chi connectivity index (χ1n) is 10.2. The zero-order valence-corrected chi connectivity index (χ0v) is 18.4. The number of Topliss-reactive ketones (excluding diaryl/α,β-unsaturated/α-hetero) is 1. The van der Waals surface area contributed by atoms with Crippen LogP contribution in [0.4, 0.5) is 5.69 Å². The van der Waals surface area contributed by atoms with E-state index in [9.17, 15) is 14.7 Å². The van der Waals surface area contributed by atoms with Gasteiger partial charge in [0.15, 0.2) is 0 Å². The predicted molar refractivity (Wildman–Crippen MR) is 124 cm³/mol. The largest absolute Gasteiger partial charge is 0.507 e. The van der Waals surface area contributed by atoms with Crippen molar-refractivity contribution >= 4 is 23.1 Å². The maximum atomic E-state index is 13.2. The Balaban J connectivity index is 1.89. The molecule has 1 amide bonds. The summed E-state index contributed by atoms with van der Waals surface area (Å²) in [6.45, 7) is 0. The van der Waals surface area contributed by atoms with E-state index in [-0.39, 0.29) is 11.3 Å². The fourth-order valence-electron chi connectivity index (χ4n) is 3.85. The number of benzene rings is 3. The summed E-state index contributed by atoms with van der Waals surface area (Å²) in [6, 6.07) is 19.7. The Labute approximate surface area is 191 Å². The van der Waals surface area contributed by atoms with Crippen molar-refractivity contribution in [2.24, 2.45) is 0 Å². The molecular formula is C26H23NO6. The van der Waals surface area contributed by atoms with Crippen molar-refractivity contribution in [3.8, 4) is 17.2 Å². The third kappa shape index (κ3) is 4.01. The van der Waals surface area contributed by atoms with Gasteiger partial charge in [0, 0.05) is 11.3 Å². The average Bonchev–Trinajstić information content (AvgIpc) is 3.14. The van der Waals surface area contributed by atoms with Gasteiger partial charge in [-0.15, -0.1) is 0 Å². The SMILES string of the molecule is COc1ccc(/C(O)=C2\C(=O)C(=O)N(c3ccc(OC)cc3)[C@@H]2c2ccc(OC)cc2)cc1. The Morgan fingerprint density at radius 3 is 1.67 bits per heavy atom. The van der Waals surface area contributed by atoms with Gasteiger partial charge >= 0.3 is 0 Å². The fourth-order valence-corrected chi connectivity index (χ4v) is 3.85. The number of amides is 1. The second-order valence-corrected chi connectivity index (χ2v) is 7.37. The van der Waals surface area contributed by atoms with Gasteiger partial charge in [0.25, 0.3) is 11.7 Å². The number of rotatable bonds is 6. The molecule has 0 bridgehead atoms. The van der Waals surface area contributed by atoms with Crippen LogP contribution in [0.15, 0.2) is 78.4 Å². The molecule has 7 nitrogen and oxygen atoms in total. The molecule has 33 heavy (non-hydrogen) atoms. The summed E-state index contributed by atoms with van der Waals surface area (Å²) in [5, 5.41) is 11.1. The van der Waals surface area contributed by atoms with Gasteiger partial charge in [0.05, 0.1) is 32.9 Å². The van der Waals surface area contributed by atoms with E-state index >= 15 is 0 Å². The molecule has 1 aliphatic rings. The van der Waals surface area contributed by atoms with Crippen molar-refractivity contribution in [1.82, 2.24) is 0 Å². The van der Waals surface area contributed by atoms with Crippen LogP contribution in [-0.4, -0.2) is 38.1 Å². The summed E-state index contributed by atoms with van der Waals surface area (Å²) in [5.74, 6) is 0.116. The molecule has 1 N–H and O–H groups in total. The number of anilines is 1. The summed E-state index contributed by atoms with van der Waals surface area (Å²) in [5.41, 5.74) is 1.57. The number of methoxy groups -OCH3 is 3. The molecule has 168 valence electrons. The monoisotopic (exact) mass is 445 g/mol. The van der Waals surface area contributed by atoms with Gasteiger partial charge in [0.1, 0.15) is 23.0 Å². The van der Waals surface area contributed by atoms with Crippen LogP contribution >= 0.6 is 0 Å². The normalized spacial score (nSPS) is 17.2. The van der Waals surface area contributed by atoms with Gasteiger partial charge in [-0.3, -0.25) is 14.5 Å². The van der Waals surface area contributed by atoms with Gasteiger partial charge in [-0.05, 0) is 66.2 Å². The summed E-state index contributed by atoms with van der Waals surface area (Å²) in [4.78, 5) is 27.7. The number of carbonyl (C=O) groups excluding carboxylic acids is 2. The number of carbonyl (C=O) groups is 2. The molecule has 1 atom stereocenters. The van der Waals surface area contributed by atoms with Crippen LogP contribution in [0.5, 0.6) is 17.2 Å². The molecule has 1 fully saturated rings. The van der Waals surface area contributed by atoms with E-state index in [1.807, 2.05) is 0 Å². The highest BCUT2D eigenvalue weighted by atomic mass is 16.5. The van der Waals surface area contributed by atoms with E-state index in [0.717, 1.165) is 0 Å². The highest BCUT2D eigenvalue weighted by Gasteiger charge is 2.47. The Bertz CT molecular complexity index is 1200. The number of nitrogens with zero attached hydrogens (tertiary/aromatic N) is 1. The highest BCUT2D eigenvalue weighted by molar-refractivity contribution is 6.51. The van der Waals surface area contributed by atoms with Gasteiger partial charge in [-0.2, -0.15) is 0 Å². The van der Waals surface area contributed by atoms with Gasteiger partial charge in [-0.1, -0.05) is 12.1 Å². The molecular weight excluding hydrogens is 422 g/mol. The second kappa shape index (κ2) is 9.08. The molecule has 0 unspecified atom stereocenters. The van der Waals surface area contributed by atoms with Crippen LogP contribution in [-0.2, 0) is 9.59 Å². The van der Waals surface area contributed by atoms with Gasteiger partial charge in [0.2, 0.25) is 0 Å². The first-order valence-corrected chi connectivity index (χ1v) is 10.2. The van der Waals surface area contributed by atoms with E-state index in [0.29, 0.717) is 34.1 Å². The summed E-state index contributed by atoms with van der Waals surface area (Å²) in [6.07, 6.45) is 0. The smallest absolute Gasteiger partial charge is 0.300 e. The van der Waals surface area contributed by atoms with Crippen molar-refractivity contribution in [3.63, 3.8) is 0 Å². The van der Waals surface area contributed by atoms with E-state index < -0.39 is 17.7 Å². The van der Waals surface area contributed by atoms with Crippen molar-refractivity contribution in [1.29, 1.82) is 0 Å². The van der Waals surface area contributed by atoms with Crippen LogP contribution in [0.2, 0.25) is 0 Å². The van der Waals surface area contributed by atoms with Crippen LogP contribution in [0.1, 0.15) is 17.2 Å². The van der Waals surface area contributed by atoms with Crippen LogP contribution in [0.25, 0.3) is 5.76 Å². The fraction of sp³-hybridized carbons (Fsp3) is 0.154. The zero-order valence-electron chi connectivity index (χ0n) is 18.4.